The Kier molecular flexibility index (Phi) is 3.63. The quantitative estimate of drug-likeness (QED) is 0.857. The summed E-state index contributed by atoms with van der Waals surface area (Å²) in [5.41, 5.74) is 0.992. The summed E-state index contributed by atoms with van der Waals surface area (Å²) in [5.74, 6) is 1.47. The summed E-state index contributed by atoms with van der Waals surface area (Å²) in [6.07, 6.45) is 0.626. The van der Waals surface area contributed by atoms with Crippen molar-refractivity contribution in [1.29, 1.82) is 0 Å². The van der Waals surface area contributed by atoms with Crippen LogP contribution in [-0.2, 0) is 6.54 Å². The standard InChI is InChI=1S/C15H18F3NO/c16-15(17,18)20-13-7-1-10(2-8-13)9-19-14(11-3-4-11)12-5-6-12/h1-2,7-8,11-12,14,19H,3-6,9H2. The third-order valence-corrected chi connectivity index (χ3v) is 3.96. The van der Waals surface area contributed by atoms with Gasteiger partial charge in [0.15, 0.2) is 0 Å². The van der Waals surface area contributed by atoms with Crippen molar-refractivity contribution in [2.24, 2.45) is 11.8 Å². The van der Waals surface area contributed by atoms with Gasteiger partial charge in [-0.2, -0.15) is 0 Å². The van der Waals surface area contributed by atoms with Crippen molar-refractivity contribution in [3.05, 3.63) is 29.8 Å². The zero-order valence-electron chi connectivity index (χ0n) is 11.1. The summed E-state index contributed by atoms with van der Waals surface area (Å²) < 4.78 is 40.0. The summed E-state index contributed by atoms with van der Waals surface area (Å²) in [5, 5.41) is 3.56. The van der Waals surface area contributed by atoms with Crippen LogP contribution in [0.3, 0.4) is 0 Å². The van der Waals surface area contributed by atoms with Crippen LogP contribution in [0.2, 0.25) is 0 Å². The zero-order chi connectivity index (χ0) is 14.2. The Labute approximate surface area is 116 Å². The summed E-state index contributed by atoms with van der Waals surface area (Å²) in [4.78, 5) is 0. The van der Waals surface area contributed by atoms with Crippen LogP contribution in [-0.4, -0.2) is 12.4 Å². The molecule has 0 spiro atoms. The van der Waals surface area contributed by atoms with Crippen molar-refractivity contribution >= 4 is 0 Å². The molecule has 0 bridgehead atoms. The first-order chi connectivity index (χ1) is 9.51. The number of benzene rings is 1. The lowest BCUT2D eigenvalue weighted by Gasteiger charge is -2.17. The summed E-state index contributed by atoms with van der Waals surface area (Å²) >= 11 is 0. The molecule has 0 aliphatic heterocycles. The van der Waals surface area contributed by atoms with Gasteiger partial charge in [0.1, 0.15) is 5.75 Å². The molecular weight excluding hydrogens is 267 g/mol. The van der Waals surface area contributed by atoms with E-state index in [1.165, 1.54) is 37.8 Å². The Bertz CT molecular complexity index is 437. The average molecular weight is 285 g/mol. The molecule has 0 saturated heterocycles. The minimum absolute atomic E-state index is 0.165. The Balaban J connectivity index is 1.52. The number of hydrogen-bond acceptors (Lipinski definition) is 2. The van der Waals surface area contributed by atoms with E-state index in [0.29, 0.717) is 12.6 Å². The highest BCUT2D eigenvalue weighted by molar-refractivity contribution is 5.27. The van der Waals surface area contributed by atoms with Gasteiger partial charge in [-0.05, 0) is 55.2 Å². The molecule has 0 amide bonds. The second kappa shape index (κ2) is 5.28. The van der Waals surface area contributed by atoms with E-state index in [9.17, 15) is 13.2 Å². The molecule has 20 heavy (non-hydrogen) atoms. The van der Waals surface area contributed by atoms with Gasteiger partial charge >= 0.3 is 6.36 Å². The third-order valence-electron chi connectivity index (χ3n) is 3.96. The van der Waals surface area contributed by atoms with Crippen LogP contribution >= 0.6 is 0 Å². The Hall–Kier alpha value is -1.23. The molecule has 2 saturated carbocycles. The lowest BCUT2D eigenvalue weighted by molar-refractivity contribution is -0.274. The van der Waals surface area contributed by atoms with Crippen LogP contribution in [0.5, 0.6) is 5.75 Å². The monoisotopic (exact) mass is 285 g/mol. The number of rotatable bonds is 6. The Morgan fingerprint density at radius 3 is 2.05 bits per heavy atom. The highest BCUT2D eigenvalue weighted by Crippen LogP contribution is 2.44. The first-order valence-corrected chi connectivity index (χ1v) is 7.09. The van der Waals surface area contributed by atoms with Gasteiger partial charge in [-0.15, -0.1) is 13.2 Å². The molecule has 0 radical (unpaired) electrons. The van der Waals surface area contributed by atoms with Crippen LogP contribution in [0.4, 0.5) is 13.2 Å². The van der Waals surface area contributed by atoms with E-state index >= 15 is 0 Å². The molecule has 0 aromatic heterocycles. The van der Waals surface area contributed by atoms with Crippen LogP contribution < -0.4 is 10.1 Å². The second-order valence-electron chi connectivity index (χ2n) is 5.77. The molecule has 0 heterocycles. The fourth-order valence-corrected chi connectivity index (χ4v) is 2.67. The molecule has 1 aromatic rings. The highest BCUT2D eigenvalue weighted by atomic mass is 19.4. The van der Waals surface area contributed by atoms with E-state index in [-0.39, 0.29) is 5.75 Å². The van der Waals surface area contributed by atoms with E-state index in [2.05, 4.69) is 10.1 Å². The van der Waals surface area contributed by atoms with E-state index in [1.54, 1.807) is 12.1 Å². The normalized spacial score (nSPS) is 19.4. The topological polar surface area (TPSA) is 21.3 Å². The minimum Gasteiger partial charge on any atom is -0.406 e. The van der Waals surface area contributed by atoms with Gasteiger partial charge in [-0.25, -0.2) is 0 Å². The van der Waals surface area contributed by atoms with E-state index in [1.807, 2.05) is 0 Å². The molecule has 1 aromatic carbocycles. The molecule has 2 aliphatic rings. The lowest BCUT2D eigenvalue weighted by Crippen LogP contribution is -2.32. The third kappa shape index (κ3) is 3.88. The molecule has 2 aliphatic carbocycles. The van der Waals surface area contributed by atoms with Gasteiger partial charge < -0.3 is 10.1 Å². The number of alkyl halides is 3. The van der Waals surface area contributed by atoms with Crippen LogP contribution in [0.15, 0.2) is 24.3 Å². The number of halogens is 3. The summed E-state index contributed by atoms with van der Waals surface area (Å²) in [6.45, 7) is 0.712. The Morgan fingerprint density at radius 2 is 1.60 bits per heavy atom. The summed E-state index contributed by atoms with van der Waals surface area (Å²) in [7, 11) is 0. The highest BCUT2D eigenvalue weighted by Gasteiger charge is 2.40. The van der Waals surface area contributed by atoms with Gasteiger partial charge in [0, 0.05) is 12.6 Å². The predicted molar refractivity (Wildman–Crippen MR) is 69.2 cm³/mol. The summed E-state index contributed by atoms with van der Waals surface area (Å²) in [6, 6.07) is 6.71. The molecule has 1 N–H and O–H groups in total. The van der Waals surface area contributed by atoms with Crippen LogP contribution in [0, 0.1) is 11.8 Å². The number of ether oxygens (including phenoxy) is 1. The maximum Gasteiger partial charge on any atom is 0.573 e. The predicted octanol–water partition coefficient (Wildman–Crippen LogP) is 3.86. The van der Waals surface area contributed by atoms with Crippen molar-refractivity contribution in [2.75, 3.05) is 0 Å². The fourth-order valence-electron chi connectivity index (χ4n) is 2.67. The van der Waals surface area contributed by atoms with Crippen molar-refractivity contribution in [1.82, 2.24) is 5.32 Å². The molecule has 3 rings (SSSR count). The maximum absolute atomic E-state index is 12.1. The second-order valence-corrected chi connectivity index (χ2v) is 5.77. The zero-order valence-corrected chi connectivity index (χ0v) is 11.1. The number of nitrogens with one attached hydrogen (secondary N) is 1. The van der Waals surface area contributed by atoms with Gasteiger partial charge in [-0.1, -0.05) is 12.1 Å². The first kappa shape index (κ1) is 13.7. The lowest BCUT2D eigenvalue weighted by atomic mass is 10.1. The molecular formula is C15H18F3NO. The molecule has 110 valence electrons. The molecule has 0 unspecified atom stereocenters. The molecule has 0 atom stereocenters. The largest absolute Gasteiger partial charge is 0.573 e. The van der Waals surface area contributed by atoms with E-state index in [0.717, 1.165) is 17.4 Å². The maximum atomic E-state index is 12.1. The smallest absolute Gasteiger partial charge is 0.406 e. The van der Waals surface area contributed by atoms with Gasteiger partial charge in [-0.3, -0.25) is 0 Å². The van der Waals surface area contributed by atoms with Crippen LogP contribution in [0.25, 0.3) is 0 Å². The molecule has 2 nitrogen and oxygen atoms in total. The van der Waals surface area contributed by atoms with Gasteiger partial charge in [0.05, 0.1) is 0 Å². The molecule has 2 fully saturated rings. The molecule has 5 heteroatoms. The first-order valence-electron chi connectivity index (χ1n) is 7.09. The van der Waals surface area contributed by atoms with Crippen molar-refractivity contribution in [2.45, 2.75) is 44.6 Å². The minimum atomic E-state index is -4.62. The fraction of sp³-hybridized carbons (Fsp3) is 0.600. The van der Waals surface area contributed by atoms with Gasteiger partial charge in [0.25, 0.3) is 0 Å². The average Bonchev–Trinajstić information content (AvgIpc) is 3.24. The van der Waals surface area contributed by atoms with E-state index < -0.39 is 6.36 Å². The van der Waals surface area contributed by atoms with Crippen LogP contribution in [0.1, 0.15) is 31.2 Å². The van der Waals surface area contributed by atoms with Crippen molar-refractivity contribution in [3.63, 3.8) is 0 Å². The Morgan fingerprint density at radius 1 is 1.05 bits per heavy atom. The van der Waals surface area contributed by atoms with E-state index in [4.69, 9.17) is 0 Å². The van der Waals surface area contributed by atoms with Crippen molar-refractivity contribution in [3.8, 4) is 5.75 Å². The SMILES string of the molecule is FC(F)(F)Oc1ccc(CNC(C2CC2)C2CC2)cc1. The van der Waals surface area contributed by atoms with Gasteiger partial charge in [0.2, 0.25) is 0 Å². The number of hydrogen-bond donors (Lipinski definition) is 1. The van der Waals surface area contributed by atoms with Crippen molar-refractivity contribution < 1.29 is 17.9 Å².